The highest BCUT2D eigenvalue weighted by atomic mass is 32.1. The number of carbonyl (C=O) groups excluding carboxylic acids is 2. The van der Waals surface area contributed by atoms with E-state index >= 15 is 0 Å². The summed E-state index contributed by atoms with van der Waals surface area (Å²) in [4.78, 5) is 26.8. The average Bonchev–Trinajstić information content (AvgIpc) is 3.08. The van der Waals surface area contributed by atoms with Gasteiger partial charge in [0.15, 0.2) is 0 Å². The second-order valence-electron chi connectivity index (χ2n) is 6.79. The molecule has 1 aliphatic heterocycles. The zero-order valence-corrected chi connectivity index (χ0v) is 15.0. The first-order valence-electron chi connectivity index (χ1n) is 9.02. The van der Waals surface area contributed by atoms with E-state index < -0.39 is 0 Å². The molecule has 5 heteroatoms. The molecular weight excluding hydrogens is 332 g/mol. The van der Waals surface area contributed by atoms with E-state index in [4.69, 9.17) is 0 Å². The standard InChI is InChI=1S/C20H22N2O2S/c23-19-15(14-7-4-5-8-16(14)22-19)10-11-21-20(24)18-12-13-6-2-1-3-9-17(13)25-18/h4-5,7-8,12,15H,1-3,6,9-11H2,(H,21,24)(H,22,23). The number of benzene rings is 1. The van der Waals surface area contributed by atoms with Gasteiger partial charge in [0.1, 0.15) is 0 Å². The van der Waals surface area contributed by atoms with Crippen LogP contribution >= 0.6 is 11.3 Å². The Bertz CT molecular complexity index is 788. The normalized spacial score (nSPS) is 18.9. The molecule has 25 heavy (non-hydrogen) atoms. The summed E-state index contributed by atoms with van der Waals surface area (Å²) in [5.41, 5.74) is 3.28. The van der Waals surface area contributed by atoms with Crippen molar-refractivity contribution < 1.29 is 9.59 Å². The molecule has 130 valence electrons. The van der Waals surface area contributed by atoms with Gasteiger partial charge in [0.2, 0.25) is 5.91 Å². The molecule has 1 atom stereocenters. The van der Waals surface area contributed by atoms with Crippen molar-refractivity contribution in [2.75, 3.05) is 11.9 Å². The molecular formula is C20H22N2O2S. The lowest BCUT2D eigenvalue weighted by Gasteiger charge is -2.09. The maximum Gasteiger partial charge on any atom is 0.261 e. The van der Waals surface area contributed by atoms with Gasteiger partial charge < -0.3 is 10.6 Å². The minimum Gasteiger partial charge on any atom is -0.351 e. The van der Waals surface area contributed by atoms with Crippen molar-refractivity contribution in [3.8, 4) is 0 Å². The predicted octanol–water partition coefficient (Wildman–Crippen LogP) is 3.87. The summed E-state index contributed by atoms with van der Waals surface area (Å²) < 4.78 is 0. The number of rotatable bonds is 4. The number of thiophene rings is 1. The van der Waals surface area contributed by atoms with Crippen molar-refractivity contribution in [2.24, 2.45) is 0 Å². The summed E-state index contributed by atoms with van der Waals surface area (Å²) in [6.07, 6.45) is 6.56. The molecule has 4 rings (SSSR count). The van der Waals surface area contributed by atoms with Crippen LogP contribution in [-0.2, 0) is 17.6 Å². The van der Waals surface area contributed by atoms with E-state index in [2.05, 4.69) is 16.7 Å². The molecule has 0 saturated heterocycles. The Morgan fingerprint density at radius 2 is 2.04 bits per heavy atom. The third kappa shape index (κ3) is 3.33. The number of amides is 2. The highest BCUT2D eigenvalue weighted by molar-refractivity contribution is 7.14. The lowest BCUT2D eigenvalue weighted by molar-refractivity contribution is -0.117. The van der Waals surface area contributed by atoms with Crippen LogP contribution in [0.4, 0.5) is 5.69 Å². The van der Waals surface area contributed by atoms with E-state index in [1.165, 1.54) is 29.7 Å². The van der Waals surface area contributed by atoms with Crippen LogP contribution in [0.5, 0.6) is 0 Å². The second kappa shape index (κ2) is 7.00. The van der Waals surface area contributed by atoms with Crippen molar-refractivity contribution in [3.63, 3.8) is 0 Å². The van der Waals surface area contributed by atoms with Crippen LogP contribution < -0.4 is 10.6 Å². The lowest BCUT2D eigenvalue weighted by Crippen LogP contribution is -2.26. The van der Waals surface area contributed by atoms with Gasteiger partial charge in [0.25, 0.3) is 5.91 Å². The van der Waals surface area contributed by atoms with Crippen LogP contribution in [0, 0.1) is 0 Å². The first kappa shape index (κ1) is 16.3. The first-order valence-corrected chi connectivity index (χ1v) is 9.83. The van der Waals surface area contributed by atoms with Crippen molar-refractivity contribution in [2.45, 2.75) is 44.4 Å². The molecule has 4 nitrogen and oxygen atoms in total. The van der Waals surface area contributed by atoms with Crippen molar-refractivity contribution >= 4 is 28.8 Å². The molecule has 1 aromatic heterocycles. The largest absolute Gasteiger partial charge is 0.351 e. The number of carbonyl (C=O) groups is 2. The summed E-state index contributed by atoms with van der Waals surface area (Å²) >= 11 is 1.64. The van der Waals surface area contributed by atoms with Gasteiger partial charge in [-0.05, 0) is 55.4 Å². The number of fused-ring (bicyclic) bond motifs is 2. The Hall–Kier alpha value is -2.14. The minimum atomic E-state index is -0.170. The lowest BCUT2D eigenvalue weighted by atomic mass is 9.97. The van der Waals surface area contributed by atoms with Gasteiger partial charge in [0.05, 0.1) is 10.8 Å². The third-order valence-electron chi connectivity index (χ3n) is 5.10. The van der Waals surface area contributed by atoms with E-state index in [1.54, 1.807) is 11.3 Å². The fraction of sp³-hybridized carbons (Fsp3) is 0.400. The molecule has 2 heterocycles. The Morgan fingerprint density at radius 1 is 1.20 bits per heavy atom. The molecule has 2 aromatic rings. The van der Waals surface area contributed by atoms with Crippen LogP contribution in [0.15, 0.2) is 30.3 Å². The van der Waals surface area contributed by atoms with Crippen LogP contribution in [0.25, 0.3) is 0 Å². The molecule has 0 radical (unpaired) electrons. The highest BCUT2D eigenvalue weighted by Gasteiger charge is 2.29. The monoisotopic (exact) mass is 354 g/mol. The van der Waals surface area contributed by atoms with Gasteiger partial charge in [-0.2, -0.15) is 0 Å². The maximum atomic E-state index is 12.4. The molecule has 2 aliphatic rings. The number of aryl methyl sites for hydroxylation is 2. The smallest absolute Gasteiger partial charge is 0.261 e. The highest BCUT2D eigenvalue weighted by Crippen LogP contribution is 2.34. The van der Waals surface area contributed by atoms with Crippen LogP contribution in [0.1, 0.15) is 57.3 Å². The van der Waals surface area contributed by atoms with Gasteiger partial charge in [0, 0.05) is 17.1 Å². The number of hydrogen-bond donors (Lipinski definition) is 2. The number of hydrogen-bond acceptors (Lipinski definition) is 3. The number of para-hydroxylation sites is 1. The third-order valence-corrected chi connectivity index (χ3v) is 6.34. The van der Waals surface area contributed by atoms with Gasteiger partial charge in [-0.1, -0.05) is 24.6 Å². The van der Waals surface area contributed by atoms with Gasteiger partial charge in [-0.3, -0.25) is 9.59 Å². The maximum absolute atomic E-state index is 12.4. The summed E-state index contributed by atoms with van der Waals surface area (Å²) in [7, 11) is 0. The molecule has 2 amide bonds. The van der Waals surface area contributed by atoms with Gasteiger partial charge in [-0.15, -0.1) is 11.3 Å². The van der Waals surface area contributed by atoms with Crippen LogP contribution in [0.2, 0.25) is 0 Å². The Balaban J connectivity index is 1.36. The Morgan fingerprint density at radius 3 is 2.96 bits per heavy atom. The molecule has 2 N–H and O–H groups in total. The Kier molecular flexibility index (Phi) is 4.57. The van der Waals surface area contributed by atoms with E-state index in [-0.39, 0.29) is 17.7 Å². The summed E-state index contributed by atoms with van der Waals surface area (Å²) in [6, 6.07) is 9.84. The summed E-state index contributed by atoms with van der Waals surface area (Å²) in [6.45, 7) is 0.508. The van der Waals surface area contributed by atoms with Crippen molar-refractivity contribution in [1.29, 1.82) is 0 Å². The second-order valence-corrected chi connectivity index (χ2v) is 7.93. The Labute approximate surface area is 151 Å². The van der Waals surface area contributed by atoms with Crippen molar-refractivity contribution in [3.05, 3.63) is 51.2 Å². The summed E-state index contributed by atoms with van der Waals surface area (Å²) in [5.74, 6) is -0.153. The fourth-order valence-electron chi connectivity index (χ4n) is 3.76. The topological polar surface area (TPSA) is 58.2 Å². The predicted molar refractivity (Wildman–Crippen MR) is 100 cm³/mol. The minimum absolute atomic E-state index is 0.00948. The fourth-order valence-corrected chi connectivity index (χ4v) is 4.93. The average molecular weight is 354 g/mol. The van der Waals surface area contributed by atoms with Crippen LogP contribution in [0.3, 0.4) is 0 Å². The molecule has 1 aliphatic carbocycles. The molecule has 0 spiro atoms. The number of anilines is 1. The van der Waals surface area contributed by atoms with E-state index in [0.717, 1.165) is 29.0 Å². The van der Waals surface area contributed by atoms with E-state index in [0.29, 0.717) is 13.0 Å². The molecule has 1 unspecified atom stereocenters. The zero-order chi connectivity index (χ0) is 17.2. The molecule has 0 saturated carbocycles. The van der Waals surface area contributed by atoms with Gasteiger partial charge in [-0.25, -0.2) is 0 Å². The molecule has 1 aromatic carbocycles. The SMILES string of the molecule is O=C(NCCC1C(=O)Nc2ccccc21)c1cc2c(s1)CCCCC2. The quantitative estimate of drug-likeness (QED) is 0.819. The molecule has 0 bridgehead atoms. The zero-order valence-electron chi connectivity index (χ0n) is 14.1. The van der Waals surface area contributed by atoms with E-state index in [1.807, 2.05) is 24.3 Å². The summed E-state index contributed by atoms with van der Waals surface area (Å²) in [5, 5.41) is 5.90. The number of nitrogens with one attached hydrogen (secondary N) is 2. The van der Waals surface area contributed by atoms with Crippen LogP contribution in [-0.4, -0.2) is 18.4 Å². The van der Waals surface area contributed by atoms with Crippen molar-refractivity contribution in [1.82, 2.24) is 5.32 Å². The molecule has 0 fully saturated rings. The van der Waals surface area contributed by atoms with Gasteiger partial charge >= 0.3 is 0 Å². The van der Waals surface area contributed by atoms with E-state index in [9.17, 15) is 9.59 Å². The first-order chi connectivity index (χ1) is 12.2.